The van der Waals surface area contributed by atoms with Crippen LogP contribution in [0.1, 0.15) is 5.56 Å². The molecule has 3 rings (SSSR count). The number of rotatable bonds is 2. The van der Waals surface area contributed by atoms with Crippen LogP contribution in [0.25, 0.3) is 10.8 Å². The minimum atomic E-state index is 0.444. The van der Waals surface area contributed by atoms with Crippen molar-refractivity contribution >= 4 is 33.7 Å². The fourth-order valence-electron chi connectivity index (χ4n) is 2.07. The topological polar surface area (TPSA) is 48.7 Å². The van der Waals surface area contributed by atoms with Gasteiger partial charge in [-0.2, -0.15) is 5.26 Å². The van der Waals surface area contributed by atoms with Gasteiger partial charge in [0.15, 0.2) is 0 Å². The van der Waals surface area contributed by atoms with Crippen molar-refractivity contribution in [2.24, 2.45) is 0 Å². The second-order valence-corrected chi connectivity index (χ2v) is 4.74. The molecule has 4 heteroatoms. The van der Waals surface area contributed by atoms with Gasteiger partial charge in [0.25, 0.3) is 0 Å². The maximum absolute atomic E-state index is 8.88. The molecular formula is C16H10ClN3. The second kappa shape index (κ2) is 5.20. The smallest absolute Gasteiger partial charge is 0.101 e. The van der Waals surface area contributed by atoms with Crippen molar-refractivity contribution in [1.82, 2.24) is 4.98 Å². The highest BCUT2D eigenvalue weighted by atomic mass is 35.5. The van der Waals surface area contributed by atoms with Gasteiger partial charge in [-0.3, -0.25) is 4.98 Å². The number of nitrogens with zero attached hydrogens (tertiary/aromatic N) is 2. The summed E-state index contributed by atoms with van der Waals surface area (Å²) in [6, 6.07) is 15.3. The van der Waals surface area contributed by atoms with E-state index in [0.717, 1.165) is 22.1 Å². The number of nitriles is 1. The van der Waals surface area contributed by atoms with E-state index >= 15 is 0 Å². The number of aromatic nitrogens is 1. The Bertz CT molecular complexity index is 816. The van der Waals surface area contributed by atoms with Gasteiger partial charge in [0.1, 0.15) is 6.07 Å². The maximum Gasteiger partial charge on any atom is 0.101 e. The van der Waals surface area contributed by atoms with Gasteiger partial charge in [-0.1, -0.05) is 23.7 Å². The lowest BCUT2D eigenvalue weighted by atomic mass is 10.1. The Labute approximate surface area is 121 Å². The molecule has 0 amide bonds. The van der Waals surface area contributed by atoms with Gasteiger partial charge in [-0.25, -0.2) is 0 Å². The van der Waals surface area contributed by atoms with Gasteiger partial charge in [0.05, 0.1) is 10.6 Å². The fourth-order valence-corrected chi connectivity index (χ4v) is 2.29. The number of hydrogen-bond donors (Lipinski definition) is 1. The molecule has 0 aliphatic heterocycles. The summed E-state index contributed by atoms with van der Waals surface area (Å²) >= 11 is 6.04. The highest BCUT2D eigenvalue weighted by Gasteiger charge is 2.04. The van der Waals surface area contributed by atoms with Crippen molar-refractivity contribution in [2.75, 3.05) is 5.32 Å². The zero-order chi connectivity index (χ0) is 13.9. The van der Waals surface area contributed by atoms with E-state index in [-0.39, 0.29) is 0 Å². The summed E-state index contributed by atoms with van der Waals surface area (Å²) in [6.07, 6.45) is 3.59. The van der Waals surface area contributed by atoms with Crippen molar-refractivity contribution in [3.05, 3.63) is 65.4 Å². The second-order valence-electron chi connectivity index (χ2n) is 4.33. The van der Waals surface area contributed by atoms with E-state index in [1.54, 1.807) is 18.3 Å². The molecule has 1 aromatic heterocycles. The van der Waals surface area contributed by atoms with Crippen LogP contribution in [0.3, 0.4) is 0 Å². The Kier molecular flexibility index (Phi) is 3.24. The SMILES string of the molecule is N#Cc1ccc(Nc2cccc3cnccc23)cc1Cl. The van der Waals surface area contributed by atoms with Crippen LogP contribution in [0.2, 0.25) is 5.02 Å². The molecule has 0 spiro atoms. The molecule has 3 aromatic rings. The number of hydrogen-bond acceptors (Lipinski definition) is 3. The van der Waals surface area contributed by atoms with Gasteiger partial charge in [-0.05, 0) is 30.3 Å². The van der Waals surface area contributed by atoms with E-state index in [0.29, 0.717) is 10.6 Å². The van der Waals surface area contributed by atoms with Crippen LogP contribution in [0.15, 0.2) is 54.9 Å². The van der Waals surface area contributed by atoms with Gasteiger partial charge < -0.3 is 5.32 Å². The lowest BCUT2D eigenvalue weighted by Crippen LogP contribution is -1.92. The predicted molar refractivity (Wildman–Crippen MR) is 81.2 cm³/mol. The fraction of sp³-hybridized carbons (Fsp3) is 0. The van der Waals surface area contributed by atoms with E-state index in [9.17, 15) is 0 Å². The van der Waals surface area contributed by atoms with E-state index in [2.05, 4.69) is 10.3 Å². The maximum atomic E-state index is 8.88. The Morgan fingerprint density at radius 2 is 2.05 bits per heavy atom. The average molecular weight is 280 g/mol. The third-order valence-electron chi connectivity index (χ3n) is 3.05. The summed E-state index contributed by atoms with van der Waals surface area (Å²) < 4.78 is 0. The Morgan fingerprint density at radius 1 is 1.15 bits per heavy atom. The monoisotopic (exact) mass is 279 g/mol. The molecule has 0 fully saturated rings. The summed E-state index contributed by atoms with van der Waals surface area (Å²) in [5.41, 5.74) is 2.29. The summed E-state index contributed by atoms with van der Waals surface area (Å²) in [5, 5.41) is 14.8. The van der Waals surface area contributed by atoms with Crippen molar-refractivity contribution < 1.29 is 0 Å². The van der Waals surface area contributed by atoms with Crippen LogP contribution < -0.4 is 5.32 Å². The molecule has 1 heterocycles. The van der Waals surface area contributed by atoms with E-state index in [4.69, 9.17) is 16.9 Å². The first-order valence-electron chi connectivity index (χ1n) is 6.07. The molecule has 0 saturated heterocycles. The number of anilines is 2. The molecule has 0 atom stereocenters. The lowest BCUT2D eigenvalue weighted by Gasteiger charge is -2.10. The minimum Gasteiger partial charge on any atom is -0.355 e. The van der Waals surface area contributed by atoms with Crippen LogP contribution in [-0.2, 0) is 0 Å². The van der Waals surface area contributed by atoms with Gasteiger partial charge in [-0.15, -0.1) is 0 Å². The molecule has 20 heavy (non-hydrogen) atoms. The van der Waals surface area contributed by atoms with E-state index in [1.807, 2.05) is 42.6 Å². The Morgan fingerprint density at radius 3 is 2.85 bits per heavy atom. The first-order valence-corrected chi connectivity index (χ1v) is 6.45. The van der Waals surface area contributed by atoms with E-state index in [1.165, 1.54) is 0 Å². The van der Waals surface area contributed by atoms with Gasteiger partial charge in [0.2, 0.25) is 0 Å². The van der Waals surface area contributed by atoms with E-state index < -0.39 is 0 Å². The molecule has 0 aliphatic carbocycles. The zero-order valence-electron chi connectivity index (χ0n) is 10.5. The summed E-state index contributed by atoms with van der Waals surface area (Å²) in [6.45, 7) is 0. The molecule has 0 bridgehead atoms. The van der Waals surface area contributed by atoms with Crippen molar-refractivity contribution in [1.29, 1.82) is 5.26 Å². The van der Waals surface area contributed by atoms with Gasteiger partial charge in [0, 0.05) is 34.5 Å². The van der Waals surface area contributed by atoms with Crippen LogP contribution in [0.4, 0.5) is 11.4 Å². The van der Waals surface area contributed by atoms with Crippen LogP contribution in [0.5, 0.6) is 0 Å². The highest BCUT2D eigenvalue weighted by Crippen LogP contribution is 2.27. The third kappa shape index (κ3) is 2.29. The molecule has 96 valence electrons. The summed E-state index contributed by atoms with van der Waals surface area (Å²) in [7, 11) is 0. The number of benzene rings is 2. The lowest BCUT2D eigenvalue weighted by molar-refractivity contribution is 1.36. The molecule has 1 N–H and O–H groups in total. The predicted octanol–water partition coefficient (Wildman–Crippen LogP) is 4.50. The molecule has 3 nitrogen and oxygen atoms in total. The minimum absolute atomic E-state index is 0.444. The Hall–Kier alpha value is -2.57. The third-order valence-corrected chi connectivity index (χ3v) is 3.36. The number of halogens is 1. The number of fused-ring (bicyclic) bond motifs is 1. The number of pyridine rings is 1. The average Bonchev–Trinajstić information content (AvgIpc) is 2.48. The quantitative estimate of drug-likeness (QED) is 0.751. The molecule has 0 saturated carbocycles. The standard InChI is InChI=1S/C16H10ClN3/c17-15-8-13(5-4-11(15)9-18)20-16-3-1-2-12-10-19-7-6-14(12)16/h1-8,10,20H. The largest absolute Gasteiger partial charge is 0.355 e. The summed E-state index contributed by atoms with van der Waals surface area (Å²) in [5.74, 6) is 0. The van der Waals surface area contributed by atoms with Gasteiger partial charge >= 0.3 is 0 Å². The molecule has 0 aliphatic rings. The highest BCUT2D eigenvalue weighted by molar-refractivity contribution is 6.32. The summed E-state index contributed by atoms with van der Waals surface area (Å²) in [4.78, 5) is 4.11. The normalized spacial score (nSPS) is 10.2. The molecule has 0 unspecified atom stereocenters. The van der Waals surface area contributed by atoms with Crippen molar-refractivity contribution in [2.45, 2.75) is 0 Å². The first-order chi connectivity index (χ1) is 9.78. The Balaban J connectivity index is 2.02. The van der Waals surface area contributed by atoms with Crippen LogP contribution >= 0.6 is 11.6 Å². The van der Waals surface area contributed by atoms with Crippen LogP contribution in [0, 0.1) is 11.3 Å². The molecule has 2 aromatic carbocycles. The van der Waals surface area contributed by atoms with Crippen molar-refractivity contribution in [3.8, 4) is 6.07 Å². The molecular weight excluding hydrogens is 270 g/mol. The molecule has 0 radical (unpaired) electrons. The zero-order valence-corrected chi connectivity index (χ0v) is 11.2. The first kappa shape index (κ1) is 12.5. The van der Waals surface area contributed by atoms with Crippen molar-refractivity contribution in [3.63, 3.8) is 0 Å². The number of nitrogens with one attached hydrogen (secondary N) is 1. The van der Waals surface area contributed by atoms with Crippen LogP contribution in [-0.4, -0.2) is 4.98 Å².